The van der Waals surface area contributed by atoms with Gasteiger partial charge in [0.2, 0.25) is 6.29 Å². The van der Waals surface area contributed by atoms with Crippen molar-refractivity contribution in [1.29, 1.82) is 0 Å². The predicted molar refractivity (Wildman–Crippen MR) is 83.8 cm³/mol. The van der Waals surface area contributed by atoms with Crippen molar-refractivity contribution in [3.63, 3.8) is 0 Å². The fourth-order valence-electron chi connectivity index (χ4n) is 2.79. The van der Waals surface area contributed by atoms with E-state index in [0.717, 1.165) is 6.07 Å². The fourth-order valence-corrected chi connectivity index (χ4v) is 2.79. The highest BCUT2D eigenvalue weighted by atomic mass is 16.7. The number of phenolic OH excluding ortho intramolecular Hbond substituents is 1. The van der Waals surface area contributed by atoms with E-state index < -0.39 is 42.3 Å². The van der Waals surface area contributed by atoms with Crippen molar-refractivity contribution >= 4 is 16.9 Å². The number of aryl methyl sites for hydroxylation is 1. The zero-order valence-electron chi connectivity index (χ0n) is 13.4. The van der Waals surface area contributed by atoms with Gasteiger partial charge in [0.25, 0.3) is 0 Å². The second-order valence-electron chi connectivity index (χ2n) is 5.92. The number of carbonyl (C=O) groups is 1. The standard InChI is InChI=1S/C16H16O10/c1-5-2-9(18)25-8-4-6(3-7(17)10(5)8)24-16-13(21)11(19)12(20)14(26-16)15(22)23/h2-4,11-14,16-17,19-21H,1H3,(H,22,23)/t11-,12-,13+,14-,16+/m0/s1. The number of rotatable bonds is 3. The van der Waals surface area contributed by atoms with Gasteiger partial charge in [-0.3, -0.25) is 0 Å². The summed E-state index contributed by atoms with van der Waals surface area (Å²) in [6.45, 7) is 1.60. The Labute approximate surface area is 145 Å². The molecule has 10 nitrogen and oxygen atoms in total. The number of aliphatic hydroxyl groups is 3. The molecule has 1 aromatic carbocycles. The van der Waals surface area contributed by atoms with Crippen molar-refractivity contribution in [3.05, 3.63) is 34.2 Å². The van der Waals surface area contributed by atoms with Gasteiger partial charge in [-0.05, 0) is 12.5 Å². The van der Waals surface area contributed by atoms with Gasteiger partial charge in [-0.1, -0.05) is 0 Å². The van der Waals surface area contributed by atoms with E-state index in [1.807, 2.05) is 0 Å². The summed E-state index contributed by atoms with van der Waals surface area (Å²) in [4.78, 5) is 22.6. The van der Waals surface area contributed by atoms with Gasteiger partial charge in [-0.2, -0.15) is 0 Å². The number of aliphatic carboxylic acids is 1. The average molecular weight is 368 g/mol. The van der Waals surface area contributed by atoms with Crippen molar-refractivity contribution in [2.75, 3.05) is 0 Å². The van der Waals surface area contributed by atoms with E-state index in [2.05, 4.69) is 0 Å². The monoisotopic (exact) mass is 368 g/mol. The van der Waals surface area contributed by atoms with Gasteiger partial charge in [-0.25, -0.2) is 9.59 Å². The van der Waals surface area contributed by atoms with Crippen LogP contribution in [0.5, 0.6) is 11.5 Å². The molecule has 5 atom stereocenters. The number of benzene rings is 1. The van der Waals surface area contributed by atoms with E-state index in [1.54, 1.807) is 6.92 Å². The van der Waals surface area contributed by atoms with Crippen molar-refractivity contribution in [1.82, 2.24) is 0 Å². The molecule has 2 heterocycles. The molecule has 0 saturated carbocycles. The number of hydrogen-bond acceptors (Lipinski definition) is 9. The Morgan fingerprint density at radius 1 is 1.12 bits per heavy atom. The molecule has 10 heteroatoms. The van der Waals surface area contributed by atoms with Crippen molar-refractivity contribution < 1.29 is 44.2 Å². The van der Waals surface area contributed by atoms with Gasteiger partial charge in [-0.15, -0.1) is 0 Å². The molecule has 1 fully saturated rings. The summed E-state index contributed by atoms with van der Waals surface area (Å²) in [5.41, 5.74) is -0.172. The van der Waals surface area contributed by atoms with Gasteiger partial charge >= 0.3 is 11.6 Å². The van der Waals surface area contributed by atoms with E-state index in [-0.39, 0.29) is 22.5 Å². The zero-order chi connectivity index (χ0) is 19.2. The lowest BCUT2D eigenvalue weighted by atomic mass is 9.99. The number of aliphatic hydroxyl groups excluding tert-OH is 3. The Morgan fingerprint density at radius 2 is 1.81 bits per heavy atom. The van der Waals surface area contributed by atoms with Gasteiger partial charge in [0.1, 0.15) is 35.4 Å². The molecule has 26 heavy (non-hydrogen) atoms. The number of fused-ring (bicyclic) bond motifs is 1. The summed E-state index contributed by atoms with van der Waals surface area (Å²) in [6, 6.07) is 3.59. The molecule has 0 bridgehead atoms. The maximum atomic E-state index is 11.5. The van der Waals surface area contributed by atoms with Crippen molar-refractivity contribution in [3.8, 4) is 11.5 Å². The Bertz CT molecular complexity index is 904. The molecular weight excluding hydrogens is 352 g/mol. The first-order valence-electron chi connectivity index (χ1n) is 7.55. The van der Waals surface area contributed by atoms with Crippen molar-refractivity contribution in [2.45, 2.75) is 37.6 Å². The lowest BCUT2D eigenvalue weighted by molar-refractivity contribution is -0.271. The van der Waals surface area contributed by atoms with Crippen LogP contribution in [0.25, 0.3) is 11.0 Å². The third kappa shape index (κ3) is 3.10. The Hall–Kier alpha value is -2.66. The van der Waals surface area contributed by atoms with Crippen LogP contribution in [-0.2, 0) is 9.53 Å². The first kappa shape index (κ1) is 18.1. The largest absolute Gasteiger partial charge is 0.507 e. The number of ether oxygens (including phenoxy) is 2. The maximum absolute atomic E-state index is 11.5. The zero-order valence-corrected chi connectivity index (χ0v) is 13.4. The number of aromatic hydroxyl groups is 1. The summed E-state index contributed by atoms with van der Waals surface area (Å²) in [5.74, 6) is -1.94. The molecule has 5 N–H and O–H groups in total. The maximum Gasteiger partial charge on any atom is 0.336 e. The van der Waals surface area contributed by atoms with Crippen LogP contribution in [0.3, 0.4) is 0 Å². The molecule has 2 aromatic rings. The Kier molecular flexibility index (Phi) is 4.59. The molecule has 0 spiro atoms. The number of hydrogen-bond donors (Lipinski definition) is 5. The summed E-state index contributed by atoms with van der Waals surface area (Å²) >= 11 is 0. The van der Waals surface area contributed by atoms with E-state index in [4.69, 9.17) is 19.0 Å². The summed E-state index contributed by atoms with van der Waals surface area (Å²) < 4.78 is 15.3. The smallest absolute Gasteiger partial charge is 0.336 e. The number of carboxylic acids is 1. The Balaban J connectivity index is 1.95. The molecule has 1 aliphatic heterocycles. The fraction of sp³-hybridized carbons (Fsp3) is 0.375. The first-order valence-corrected chi connectivity index (χ1v) is 7.55. The quantitative estimate of drug-likeness (QED) is 0.427. The van der Waals surface area contributed by atoms with Crippen LogP contribution < -0.4 is 10.4 Å². The third-order valence-electron chi connectivity index (χ3n) is 4.06. The van der Waals surface area contributed by atoms with Crippen LogP contribution in [0.2, 0.25) is 0 Å². The molecule has 1 aromatic heterocycles. The van der Waals surface area contributed by atoms with Gasteiger partial charge in [0, 0.05) is 18.2 Å². The SMILES string of the molecule is Cc1cc(=O)oc2cc(O[C@@H]3O[C@H](C(=O)O)[C@@H](O)[C@H](O)[C@H]3O)cc(O)c12. The summed E-state index contributed by atoms with van der Waals surface area (Å²) in [7, 11) is 0. The van der Waals surface area contributed by atoms with Crippen LogP contribution in [0.4, 0.5) is 0 Å². The van der Waals surface area contributed by atoms with E-state index >= 15 is 0 Å². The molecule has 140 valence electrons. The molecule has 1 saturated heterocycles. The average Bonchev–Trinajstić information content (AvgIpc) is 2.54. The molecule has 1 aliphatic rings. The van der Waals surface area contributed by atoms with E-state index in [9.17, 15) is 30.0 Å². The normalized spacial score (nSPS) is 28.8. The molecular formula is C16H16O10. The second-order valence-corrected chi connectivity index (χ2v) is 5.92. The number of carboxylic acid groups (broad SMARTS) is 1. The molecule has 0 aliphatic carbocycles. The van der Waals surface area contributed by atoms with E-state index in [0.29, 0.717) is 5.56 Å². The predicted octanol–water partition coefficient (Wildman–Crippen LogP) is -0.922. The molecule has 0 unspecified atom stereocenters. The molecule has 0 radical (unpaired) electrons. The highest BCUT2D eigenvalue weighted by Crippen LogP contribution is 2.33. The minimum Gasteiger partial charge on any atom is -0.507 e. The molecule has 0 amide bonds. The Morgan fingerprint density at radius 3 is 2.46 bits per heavy atom. The van der Waals surface area contributed by atoms with Gasteiger partial charge in [0.15, 0.2) is 6.10 Å². The lowest BCUT2D eigenvalue weighted by Gasteiger charge is -2.38. The summed E-state index contributed by atoms with van der Waals surface area (Å²) in [6.07, 6.45) is -8.92. The van der Waals surface area contributed by atoms with Crippen LogP contribution in [0.1, 0.15) is 5.56 Å². The van der Waals surface area contributed by atoms with Crippen LogP contribution in [-0.4, -0.2) is 62.2 Å². The highest BCUT2D eigenvalue weighted by molar-refractivity contribution is 5.87. The third-order valence-corrected chi connectivity index (χ3v) is 4.06. The van der Waals surface area contributed by atoms with Crippen LogP contribution >= 0.6 is 0 Å². The molecule has 3 rings (SSSR count). The summed E-state index contributed by atoms with van der Waals surface area (Å²) in [5, 5.41) is 48.8. The van der Waals surface area contributed by atoms with Crippen LogP contribution in [0, 0.1) is 6.92 Å². The van der Waals surface area contributed by atoms with Crippen molar-refractivity contribution in [2.24, 2.45) is 0 Å². The highest BCUT2D eigenvalue weighted by Gasteiger charge is 2.48. The van der Waals surface area contributed by atoms with Crippen LogP contribution in [0.15, 0.2) is 27.4 Å². The van der Waals surface area contributed by atoms with E-state index in [1.165, 1.54) is 12.1 Å². The van der Waals surface area contributed by atoms with Gasteiger partial charge in [0.05, 0.1) is 5.39 Å². The topological polar surface area (TPSA) is 167 Å². The lowest BCUT2D eigenvalue weighted by Crippen LogP contribution is -2.61. The minimum absolute atomic E-state index is 0.00525. The minimum atomic E-state index is -1.85. The first-order chi connectivity index (χ1) is 12.2. The second kappa shape index (κ2) is 6.57. The number of phenols is 1. The van der Waals surface area contributed by atoms with Gasteiger partial charge < -0.3 is 39.4 Å².